The van der Waals surface area contributed by atoms with E-state index >= 15 is 0 Å². The Morgan fingerprint density at radius 3 is 3.00 bits per heavy atom. The first-order valence-electron chi connectivity index (χ1n) is 5.01. The monoisotopic (exact) mass is 179 g/mol. The van der Waals surface area contributed by atoms with Crippen LogP contribution in [0.4, 0.5) is 0 Å². The minimum atomic E-state index is 0.538. The van der Waals surface area contributed by atoms with E-state index in [0.717, 1.165) is 13.1 Å². The van der Waals surface area contributed by atoms with E-state index < -0.39 is 0 Å². The lowest BCUT2D eigenvalue weighted by Gasteiger charge is -2.08. The van der Waals surface area contributed by atoms with Crippen LogP contribution in [0.15, 0.2) is 12.5 Å². The molecule has 0 bridgehead atoms. The molecular weight excluding hydrogens is 162 g/mol. The third kappa shape index (κ3) is 1.75. The van der Waals surface area contributed by atoms with Crippen molar-refractivity contribution < 1.29 is 0 Å². The van der Waals surface area contributed by atoms with Crippen LogP contribution >= 0.6 is 0 Å². The summed E-state index contributed by atoms with van der Waals surface area (Å²) in [7, 11) is 0. The Bertz CT molecular complexity index is 271. The van der Waals surface area contributed by atoms with Crippen LogP contribution in [0, 0.1) is 0 Å². The van der Waals surface area contributed by atoms with Crippen LogP contribution in [0.2, 0.25) is 0 Å². The molecule has 3 heteroatoms. The Morgan fingerprint density at radius 2 is 2.46 bits per heavy atom. The Kier molecular flexibility index (Phi) is 2.36. The van der Waals surface area contributed by atoms with Crippen molar-refractivity contribution in [3.8, 4) is 0 Å². The molecule has 0 radical (unpaired) electrons. The summed E-state index contributed by atoms with van der Waals surface area (Å²) in [4.78, 5) is 4.40. The molecule has 1 saturated heterocycles. The number of imidazole rings is 1. The fourth-order valence-corrected chi connectivity index (χ4v) is 1.74. The second-order valence-electron chi connectivity index (χ2n) is 4.05. The molecule has 1 N–H and O–H groups in total. The van der Waals surface area contributed by atoms with Crippen molar-refractivity contribution in [1.82, 2.24) is 14.9 Å². The standard InChI is InChI=1S/C10H17N3/c1-8(2)10-6-13(7-12-10)9-3-4-11-5-9/h6-9,11H,3-5H2,1-2H3. The van der Waals surface area contributed by atoms with Crippen molar-refractivity contribution in [2.24, 2.45) is 0 Å². The van der Waals surface area contributed by atoms with Crippen LogP contribution < -0.4 is 5.32 Å². The second kappa shape index (κ2) is 3.50. The molecule has 3 nitrogen and oxygen atoms in total. The van der Waals surface area contributed by atoms with Gasteiger partial charge in [0.2, 0.25) is 0 Å². The quantitative estimate of drug-likeness (QED) is 0.746. The van der Waals surface area contributed by atoms with E-state index in [4.69, 9.17) is 0 Å². The van der Waals surface area contributed by atoms with E-state index in [2.05, 4.69) is 34.9 Å². The first-order chi connectivity index (χ1) is 6.27. The Balaban J connectivity index is 2.12. The van der Waals surface area contributed by atoms with Crippen molar-refractivity contribution in [1.29, 1.82) is 0 Å². The predicted octanol–water partition coefficient (Wildman–Crippen LogP) is 1.54. The van der Waals surface area contributed by atoms with Crippen LogP contribution in [-0.2, 0) is 0 Å². The summed E-state index contributed by atoms with van der Waals surface area (Å²) in [5, 5.41) is 3.36. The van der Waals surface area contributed by atoms with E-state index in [0.29, 0.717) is 12.0 Å². The maximum atomic E-state index is 4.40. The molecule has 0 amide bonds. The number of hydrogen-bond acceptors (Lipinski definition) is 2. The molecule has 0 aliphatic carbocycles. The first kappa shape index (κ1) is 8.75. The predicted molar refractivity (Wildman–Crippen MR) is 52.8 cm³/mol. The van der Waals surface area contributed by atoms with Gasteiger partial charge >= 0.3 is 0 Å². The molecule has 1 aliphatic heterocycles. The van der Waals surface area contributed by atoms with Gasteiger partial charge in [-0.05, 0) is 18.9 Å². The Morgan fingerprint density at radius 1 is 1.62 bits per heavy atom. The second-order valence-corrected chi connectivity index (χ2v) is 4.05. The lowest BCUT2D eigenvalue weighted by atomic mass is 10.1. The molecule has 1 unspecified atom stereocenters. The Hall–Kier alpha value is -0.830. The highest BCUT2D eigenvalue weighted by atomic mass is 15.1. The summed E-state index contributed by atoms with van der Waals surface area (Å²) in [5.41, 5.74) is 1.20. The lowest BCUT2D eigenvalue weighted by molar-refractivity contribution is 0.545. The number of hydrogen-bond donors (Lipinski definition) is 1. The van der Waals surface area contributed by atoms with Gasteiger partial charge in [0.25, 0.3) is 0 Å². The minimum Gasteiger partial charge on any atom is -0.333 e. The van der Waals surface area contributed by atoms with Gasteiger partial charge in [0.15, 0.2) is 0 Å². The van der Waals surface area contributed by atoms with Gasteiger partial charge in [-0.15, -0.1) is 0 Å². The molecule has 1 atom stereocenters. The smallest absolute Gasteiger partial charge is 0.0952 e. The fourth-order valence-electron chi connectivity index (χ4n) is 1.74. The third-order valence-corrected chi connectivity index (χ3v) is 2.67. The van der Waals surface area contributed by atoms with E-state index in [9.17, 15) is 0 Å². The number of rotatable bonds is 2. The zero-order valence-electron chi connectivity index (χ0n) is 8.33. The molecule has 0 saturated carbocycles. The summed E-state index contributed by atoms with van der Waals surface area (Å²) in [6.45, 7) is 6.59. The maximum absolute atomic E-state index is 4.40. The van der Waals surface area contributed by atoms with Gasteiger partial charge in [0, 0.05) is 18.8 Å². The molecule has 1 fully saturated rings. The van der Waals surface area contributed by atoms with Crippen LogP contribution in [0.1, 0.15) is 37.9 Å². The average Bonchev–Trinajstić information content (AvgIpc) is 2.75. The highest BCUT2D eigenvalue weighted by Crippen LogP contribution is 2.18. The first-order valence-corrected chi connectivity index (χ1v) is 5.01. The molecule has 13 heavy (non-hydrogen) atoms. The Labute approximate surface area is 79.2 Å². The van der Waals surface area contributed by atoms with E-state index in [-0.39, 0.29) is 0 Å². The molecule has 0 spiro atoms. The topological polar surface area (TPSA) is 29.9 Å². The van der Waals surface area contributed by atoms with Crippen LogP contribution in [0.25, 0.3) is 0 Å². The molecule has 1 aliphatic rings. The van der Waals surface area contributed by atoms with Gasteiger partial charge in [-0.25, -0.2) is 4.98 Å². The molecule has 1 aromatic rings. The van der Waals surface area contributed by atoms with Gasteiger partial charge in [0.05, 0.1) is 12.0 Å². The van der Waals surface area contributed by atoms with Gasteiger partial charge in [-0.2, -0.15) is 0 Å². The minimum absolute atomic E-state index is 0.538. The number of nitrogens with zero attached hydrogens (tertiary/aromatic N) is 2. The van der Waals surface area contributed by atoms with Crippen molar-refractivity contribution in [2.45, 2.75) is 32.2 Å². The molecular formula is C10H17N3. The summed E-state index contributed by atoms with van der Waals surface area (Å²) < 4.78 is 2.25. The zero-order valence-corrected chi connectivity index (χ0v) is 8.33. The van der Waals surface area contributed by atoms with Crippen LogP contribution in [0.3, 0.4) is 0 Å². The van der Waals surface area contributed by atoms with Gasteiger partial charge < -0.3 is 9.88 Å². The van der Waals surface area contributed by atoms with E-state index in [1.54, 1.807) is 0 Å². The number of aromatic nitrogens is 2. The summed E-state index contributed by atoms with van der Waals surface area (Å²) >= 11 is 0. The lowest BCUT2D eigenvalue weighted by Crippen LogP contribution is -2.11. The molecule has 2 rings (SSSR count). The molecule has 0 aromatic carbocycles. The van der Waals surface area contributed by atoms with Crippen molar-refractivity contribution >= 4 is 0 Å². The highest BCUT2D eigenvalue weighted by molar-refractivity contribution is 5.03. The van der Waals surface area contributed by atoms with Crippen molar-refractivity contribution in [3.63, 3.8) is 0 Å². The van der Waals surface area contributed by atoms with Crippen molar-refractivity contribution in [3.05, 3.63) is 18.2 Å². The number of nitrogens with one attached hydrogen (secondary N) is 1. The van der Waals surface area contributed by atoms with Crippen LogP contribution in [-0.4, -0.2) is 22.6 Å². The zero-order chi connectivity index (χ0) is 9.26. The van der Waals surface area contributed by atoms with E-state index in [1.807, 2.05) is 6.33 Å². The summed E-state index contributed by atoms with van der Waals surface area (Å²) in [6, 6.07) is 0.625. The fraction of sp³-hybridized carbons (Fsp3) is 0.700. The summed E-state index contributed by atoms with van der Waals surface area (Å²) in [6.07, 6.45) is 5.38. The van der Waals surface area contributed by atoms with Crippen molar-refractivity contribution in [2.75, 3.05) is 13.1 Å². The molecule has 72 valence electrons. The average molecular weight is 179 g/mol. The maximum Gasteiger partial charge on any atom is 0.0952 e. The largest absolute Gasteiger partial charge is 0.333 e. The highest BCUT2D eigenvalue weighted by Gasteiger charge is 2.16. The van der Waals surface area contributed by atoms with Gasteiger partial charge in [-0.1, -0.05) is 13.8 Å². The van der Waals surface area contributed by atoms with Gasteiger partial charge in [0.1, 0.15) is 0 Å². The van der Waals surface area contributed by atoms with Crippen LogP contribution in [0.5, 0.6) is 0 Å². The SMILES string of the molecule is CC(C)c1cn(C2CCNC2)cn1. The van der Waals surface area contributed by atoms with Gasteiger partial charge in [-0.3, -0.25) is 0 Å². The third-order valence-electron chi connectivity index (χ3n) is 2.67. The normalized spacial score (nSPS) is 22.8. The molecule has 2 heterocycles. The molecule has 1 aromatic heterocycles. The van der Waals surface area contributed by atoms with E-state index in [1.165, 1.54) is 12.1 Å². The summed E-state index contributed by atoms with van der Waals surface area (Å²) in [5.74, 6) is 0.538.